The van der Waals surface area contributed by atoms with Gasteiger partial charge in [0, 0.05) is 17.0 Å². The molecule has 19 heavy (non-hydrogen) atoms. The van der Waals surface area contributed by atoms with Crippen molar-refractivity contribution in [2.75, 3.05) is 5.75 Å². The zero-order valence-corrected chi connectivity index (χ0v) is 12.0. The van der Waals surface area contributed by atoms with Crippen LogP contribution in [0.25, 0.3) is 0 Å². The van der Waals surface area contributed by atoms with E-state index >= 15 is 0 Å². The molecule has 1 nitrogen and oxygen atoms in total. The largest absolute Gasteiger partial charge is 0.307 e. The van der Waals surface area contributed by atoms with E-state index in [0.717, 1.165) is 29.7 Å². The Morgan fingerprint density at radius 2 is 1.79 bits per heavy atom. The number of hydrogen-bond donors (Lipinski definition) is 1. The third kappa shape index (κ3) is 1.59. The summed E-state index contributed by atoms with van der Waals surface area (Å²) in [6.07, 6.45) is 5.93. The van der Waals surface area contributed by atoms with Crippen LogP contribution in [-0.4, -0.2) is 11.8 Å². The molecule has 2 bridgehead atoms. The first-order chi connectivity index (χ1) is 9.42. The van der Waals surface area contributed by atoms with E-state index in [9.17, 15) is 0 Å². The highest BCUT2D eigenvalue weighted by molar-refractivity contribution is 7.99. The summed E-state index contributed by atoms with van der Waals surface area (Å²) in [5.74, 6) is 5.56. The van der Waals surface area contributed by atoms with E-state index in [1.807, 2.05) is 11.8 Å². The lowest BCUT2D eigenvalue weighted by atomic mass is 10.0. The first-order valence-electron chi connectivity index (χ1n) is 7.89. The second-order valence-corrected chi connectivity index (χ2v) is 8.04. The summed E-state index contributed by atoms with van der Waals surface area (Å²) in [5, 5.41) is 4.04. The molecule has 3 aliphatic carbocycles. The highest BCUT2D eigenvalue weighted by Crippen LogP contribution is 2.66. The maximum Gasteiger partial charge on any atom is 0.0341 e. The summed E-state index contributed by atoms with van der Waals surface area (Å²) in [7, 11) is 0. The molecule has 0 amide bonds. The van der Waals surface area contributed by atoms with Gasteiger partial charge in [0.15, 0.2) is 0 Å². The maximum atomic E-state index is 4.04. The van der Waals surface area contributed by atoms with Crippen LogP contribution < -0.4 is 5.32 Å². The van der Waals surface area contributed by atoms with Crippen molar-refractivity contribution >= 4 is 11.8 Å². The Hall–Kier alpha value is -0.470. The molecule has 1 N–H and O–H groups in total. The first-order valence-corrected chi connectivity index (χ1v) is 8.88. The van der Waals surface area contributed by atoms with Crippen LogP contribution in [0, 0.1) is 23.7 Å². The van der Waals surface area contributed by atoms with E-state index in [1.165, 1.54) is 29.9 Å². The third-order valence-electron chi connectivity index (χ3n) is 6.09. The monoisotopic (exact) mass is 271 g/mol. The minimum absolute atomic E-state index is 0.632. The molecule has 3 saturated carbocycles. The molecule has 0 aromatic heterocycles. The molecular formula is C17H21NS. The predicted octanol–water partition coefficient (Wildman–Crippen LogP) is 3.86. The van der Waals surface area contributed by atoms with E-state index in [4.69, 9.17) is 0 Å². The number of hydrogen-bond acceptors (Lipinski definition) is 2. The van der Waals surface area contributed by atoms with Gasteiger partial charge in [-0.3, -0.25) is 0 Å². The highest BCUT2D eigenvalue weighted by atomic mass is 32.2. The molecule has 1 aromatic carbocycles. The molecule has 1 aliphatic heterocycles. The molecule has 0 spiro atoms. The van der Waals surface area contributed by atoms with Crippen molar-refractivity contribution in [1.82, 2.24) is 5.32 Å². The molecule has 3 fully saturated rings. The Kier molecular flexibility index (Phi) is 2.37. The molecule has 5 atom stereocenters. The van der Waals surface area contributed by atoms with E-state index in [1.54, 1.807) is 12.0 Å². The first kappa shape index (κ1) is 11.2. The van der Waals surface area contributed by atoms with Crippen molar-refractivity contribution < 1.29 is 0 Å². The number of fused-ring (bicyclic) bond motifs is 6. The molecule has 2 heteroatoms. The smallest absolute Gasteiger partial charge is 0.0341 e. The molecule has 4 aliphatic rings. The van der Waals surface area contributed by atoms with Crippen molar-refractivity contribution in [2.45, 2.75) is 42.7 Å². The molecule has 1 aromatic rings. The van der Waals surface area contributed by atoms with Crippen LogP contribution in [0.15, 0.2) is 29.2 Å². The van der Waals surface area contributed by atoms with Gasteiger partial charge in [-0.05, 0) is 66.7 Å². The Labute approximate surface area is 119 Å². The van der Waals surface area contributed by atoms with Gasteiger partial charge in [-0.25, -0.2) is 0 Å². The summed E-state index contributed by atoms with van der Waals surface area (Å²) in [4.78, 5) is 1.51. The lowest BCUT2D eigenvalue weighted by Crippen LogP contribution is -2.30. The van der Waals surface area contributed by atoms with Gasteiger partial charge in [-0.1, -0.05) is 18.2 Å². The Bertz CT molecular complexity index is 498. The summed E-state index contributed by atoms with van der Waals surface area (Å²) in [6, 6.07) is 10.5. The van der Waals surface area contributed by atoms with Gasteiger partial charge in [0.1, 0.15) is 0 Å². The van der Waals surface area contributed by atoms with E-state index in [0.29, 0.717) is 6.04 Å². The average molecular weight is 271 g/mol. The summed E-state index contributed by atoms with van der Waals surface area (Å²) in [6.45, 7) is 0. The zero-order chi connectivity index (χ0) is 12.4. The van der Waals surface area contributed by atoms with Gasteiger partial charge in [-0.15, -0.1) is 11.8 Å². The van der Waals surface area contributed by atoms with Gasteiger partial charge < -0.3 is 5.32 Å². The number of benzene rings is 1. The van der Waals surface area contributed by atoms with Gasteiger partial charge in [0.25, 0.3) is 0 Å². The second kappa shape index (κ2) is 4.02. The molecule has 5 unspecified atom stereocenters. The molecule has 5 rings (SSSR count). The van der Waals surface area contributed by atoms with E-state index < -0.39 is 0 Å². The summed E-state index contributed by atoms with van der Waals surface area (Å²) in [5.41, 5.74) is 1.57. The topological polar surface area (TPSA) is 12.0 Å². The minimum atomic E-state index is 0.632. The maximum absolute atomic E-state index is 4.04. The number of rotatable bonds is 2. The van der Waals surface area contributed by atoms with Crippen LogP contribution in [-0.2, 0) is 0 Å². The Balaban J connectivity index is 1.36. The number of nitrogens with one attached hydrogen (secondary N) is 1. The molecule has 0 saturated heterocycles. The van der Waals surface area contributed by atoms with Crippen LogP contribution in [0.3, 0.4) is 0 Å². The van der Waals surface area contributed by atoms with Crippen LogP contribution in [0.1, 0.15) is 37.3 Å². The van der Waals surface area contributed by atoms with Gasteiger partial charge in [0.2, 0.25) is 0 Å². The summed E-state index contributed by atoms with van der Waals surface area (Å²) >= 11 is 2.03. The molecule has 100 valence electrons. The minimum Gasteiger partial charge on any atom is -0.307 e. The van der Waals surface area contributed by atoms with Crippen LogP contribution >= 0.6 is 11.8 Å². The quantitative estimate of drug-likeness (QED) is 0.876. The normalized spacial score (nSPS) is 45.9. The van der Waals surface area contributed by atoms with Gasteiger partial charge >= 0.3 is 0 Å². The third-order valence-corrected chi connectivity index (χ3v) is 7.21. The fourth-order valence-electron chi connectivity index (χ4n) is 5.30. The molecular weight excluding hydrogens is 250 g/mol. The fraction of sp³-hybridized carbons (Fsp3) is 0.647. The Morgan fingerprint density at radius 1 is 1.00 bits per heavy atom. The van der Waals surface area contributed by atoms with Crippen LogP contribution in [0.4, 0.5) is 0 Å². The second-order valence-electron chi connectivity index (χ2n) is 6.91. The van der Waals surface area contributed by atoms with Crippen molar-refractivity contribution in [3.63, 3.8) is 0 Å². The Morgan fingerprint density at radius 3 is 2.63 bits per heavy atom. The molecule has 1 heterocycles. The van der Waals surface area contributed by atoms with E-state index in [2.05, 4.69) is 29.6 Å². The van der Waals surface area contributed by atoms with E-state index in [-0.39, 0.29) is 0 Å². The van der Waals surface area contributed by atoms with Crippen LogP contribution in [0.5, 0.6) is 0 Å². The standard InChI is InChI=1S/C17H21NS/c1-2-4-14-12(3-1)13(7-8-19-14)18-17-15-10-5-6-11(9-10)16(15)17/h1-4,10-11,13,15-18H,5-9H2. The van der Waals surface area contributed by atoms with Crippen molar-refractivity contribution in [2.24, 2.45) is 23.7 Å². The molecule has 0 radical (unpaired) electrons. The van der Waals surface area contributed by atoms with Crippen molar-refractivity contribution in [3.05, 3.63) is 29.8 Å². The van der Waals surface area contributed by atoms with Crippen LogP contribution in [0.2, 0.25) is 0 Å². The SMILES string of the molecule is c1ccc2c(c1)SCCC2NC1C2C3CCC(C3)C12. The van der Waals surface area contributed by atoms with Gasteiger partial charge in [0.05, 0.1) is 0 Å². The number of thioether (sulfide) groups is 1. The fourth-order valence-corrected chi connectivity index (χ4v) is 6.42. The lowest BCUT2D eigenvalue weighted by molar-refractivity contribution is 0.412. The van der Waals surface area contributed by atoms with Crippen molar-refractivity contribution in [3.8, 4) is 0 Å². The van der Waals surface area contributed by atoms with Gasteiger partial charge in [-0.2, -0.15) is 0 Å². The lowest BCUT2D eigenvalue weighted by Gasteiger charge is -2.27. The highest BCUT2D eigenvalue weighted by Gasteiger charge is 2.65. The predicted molar refractivity (Wildman–Crippen MR) is 79.3 cm³/mol. The summed E-state index contributed by atoms with van der Waals surface area (Å²) < 4.78 is 0. The average Bonchev–Trinajstić information content (AvgIpc) is 2.84. The zero-order valence-electron chi connectivity index (χ0n) is 11.2. The van der Waals surface area contributed by atoms with Crippen molar-refractivity contribution in [1.29, 1.82) is 0 Å².